The number of fused-ring (bicyclic) bond motifs is 2. The van der Waals surface area contributed by atoms with Gasteiger partial charge < -0.3 is 5.32 Å². The van der Waals surface area contributed by atoms with Crippen molar-refractivity contribution in [3.05, 3.63) is 48.0 Å². The molecule has 0 aromatic heterocycles. The maximum Gasteiger partial charge on any atom is 0.164 e. The number of rotatable bonds is 2. The first-order chi connectivity index (χ1) is 8.79. The van der Waals surface area contributed by atoms with Gasteiger partial charge in [0, 0.05) is 21.8 Å². The Morgan fingerprint density at radius 3 is 2.72 bits per heavy atom. The second kappa shape index (κ2) is 4.50. The maximum absolute atomic E-state index is 11.9. The molecule has 0 radical (unpaired) electrons. The number of nitrogens with one attached hydrogen (secondary N) is 1. The molecule has 0 aliphatic carbocycles. The van der Waals surface area contributed by atoms with Gasteiger partial charge in [0.05, 0.1) is 11.4 Å². The second-order valence-electron chi connectivity index (χ2n) is 4.18. The highest BCUT2D eigenvalue weighted by Crippen LogP contribution is 2.45. The van der Waals surface area contributed by atoms with E-state index in [0.717, 1.165) is 21.8 Å². The van der Waals surface area contributed by atoms with E-state index in [0.29, 0.717) is 6.42 Å². The predicted octanol–water partition coefficient (Wildman–Crippen LogP) is 4.49. The Bertz CT molecular complexity index is 622. The van der Waals surface area contributed by atoms with E-state index in [-0.39, 0.29) is 5.78 Å². The van der Waals surface area contributed by atoms with E-state index in [9.17, 15) is 4.79 Å². The van der Waals surface area contributed by atoms with Gasteiger partial charge in [-0.1, -0.05) is 36.9 Å². The molecule has 18 heavy (non-hydrogen) atoms. The Balaban J connectivity index is 2.10. The molecule has 0 atom stereocenters. The molecule has 3 heteroatoms. The number of benzene rings is 2. The zero-order chi connectivity index (χ0) is 12.5. The summed E-state index contributed by atoms with van der Waals surface area (Å²) in [6.45, 7) is 1.89. The van der Waals surface area contributed by atoms with Crippen molar-refractivity contribution in [1.29, 1.82) is 0 Å². The lowest BCUT2D eigenvalue weighted by Crippen LogP contribution is -2.07. The van der Waals surface area contributed by atoms with Crippen LogP contribution in [-0.2, 0) is 0 Å². The molecule has 2 aromatic carbocycles. The van der Waals surface area contributed by atoms with Gasteiger partial charge in [-0.2, -0.15) is 0 Å². The van der Waals surface area contributed by atoms with Gasteiger partial charge in [-0.25, -0.2) is 0 Å². The van der Waals surface area contributed by atoms with Gasteiger partial charge in [-0.3, -0.25) is 4.79 Å². The molecule has 90 valence electrons. The first-order valence-corrected chi connectivity index (χ1v) is 6.81. The molecule has 0 saturated carbocycles. The summed E-state index contributed by atoms with van der Waals surface area (Å²) in [4.78, 5) is 14.3. The van der Waals surface area contributed by atoms with Crippen molar-refractivity contribution in [3.63, 3.8) is 0 Å². The molecule has 1 heterocycles. The van der Waals surface area contributed by atoms with Crippen LogP contribution in [0.1, 0.15) is 23.7 Å². The summed E-state index contributed by atoms with van der Waals surface area (Å²) in [6.07, 6.45) is 0.532. The number of hydrogen-bond acceptors (Lipinski definition) is 3. The molecule has 0 saturated heterocycles. The van der Waals surface area contributed by atoms with Crippen LogP contribution in [0.15, 0.2) is 52.3 Å². The molecule has 0 spiro atoms. The number of para-hydroxylation sites is 2. The molecule has 0 bridgehead atoms. The number of Topliss-reactive ketones (excluding diaryl/α,β-unsaturated/α-hetero) is 1. The Kier molecular flexibility index (Phi) is 2.84. The van der Waals surface area contributed by atoms with Gasteiger partial charge in [0.15, 0.2) is 5.78 Å². The van der Waals surface area contributed by atoms with E-state index >= 15 is 0 Å². The van der Waals surface area contributed by atoms with Crippen LogP contribution in [0.25, 0.3) is 0 Å². The van der Waals surface area contributed by atoms with Crippen LogP contribution in [0.4, 0.5) is 11.4 Å². The number of carbonyl (C=O) groups excluding carboxylic acids is 1. The Labute approximate surface area is 110 Å². The highest BCUT2D eigenvalue weighted by molar-refractivity contribution is 7.99. The Morgan fingerprint density at radius 2 is 1.89 bits per heavy atom. The van der Waals surface area contributed by atoms with Crippen LogP contribution in [0, 0.1) is 0 Å². The SMILES string of the molecule is CCC(=O)c1cccc2c1Nc1ccccc1S2. The average Bonchev–Trinajstić information content (AvgIpc) is 2.43. The van der Waals surface area contributed by atoms with E-state index < -0.39 is 0 Å². The summed E-state index contributed by atoms with van der Waals surface area (Å²) in [5.74, 6) is 0.180. The van der Waals surface area contributed by atoms with Gasteiger partial charge >= 0.3 is 0 Å². The second-order valence-corrected chi connectivity index (χ2v) is 5.26. The number of carbonyl (C=O) groups is 1. The number of hydrogen-bond donors (Lipinski definition) is 1. The zero-order valence-corrected chi connectivity index (χ0v) is 10.9. The van der Waals surface area contributed by atoms with Crippen molar-refractivity contribution < 1.29 is 4.79 Å². The first kappa shape index (κ1) is 11.4. The lowest BCUT2D eigenvalue weighted by Gasteiger charge is -2.22. The third-order valence-corrected chi connectivity index (χ3v) is 4.15. The van der Waals surface area contributed by atoms with Crippen molar-refractivity contribution in [2.24, 2.45) is 0 Å². The van der Waals surface area contributed by atoms with E-state index in [4.69, 9.17) is 0 Å². The fourth-order valence-electron chi connectivity index (χ4n) is 2.08. The third kappa shape index (κ3) is 1.81. The standard InChI is InChI=1S/C15H13NOS/c1-2-12(17)10-6-5-9-14-15(10)16-11-7-3-4-8-13(11)18-14/h3-9,16H,2H2,1H3. The topological polar surface area (TPSA) is 29.1 Å². The van der Waals surface area contributed by atoms with Gasteiger partial charge in [0.1, 0.15) is 0 Å². The summed E-state index contributed by atoms with van der Waals surface area (Å²) >= 11 is 1.71. The minimum atomic E-state index is 0.180. The van der Waals surface area contributed by atoms with Crippen LogP contribution in [0.5, 0.6) is 0 Å². The molecular weight excluding hydrogens is 242 g/mol. The maximum atomic E-state index is 11.9. The van der Waals surface area contributed by atoms with Crippen molar-refractivity contribution in [1.82, 2.24) is 0 Å². The molecule has 0 amide bonds. The molecule has 3 rings (SSSR count). The summed E-state index contributed by atoms with van der Waals surface area (Å²) in [6, 6.07) is 14.1. The molecule has 2 aromatic rings. The number of anilines is 2. The van der Waals surface area contributed by atoms with Crippen LogP contribution in [-0.4, -0.2) is 5.78 Å². The van der Waals surface area contributed by atoms with E-state index in [1.54, 1.807) is 11.8 Å². The summed E-state index contributed by atoms with van der Waals surface area (Å²) in [7, 11) is 0. The molecule has 0 fully saturated rings. The van der Waals surface area contributed by atoms with E-state index in [1.165, 1.54) is 4.90 Å². The molecular formula is C15H13NOS. The Hall–Kier alpha value is -1.74. The van der Waals surface area contributed by atoms with Crippen molar-refractivity contribution in [2.75, 3.05) is 5.32 Å². The molecule has 2 nitrogen and oxygen atoms in total. The van der Waals surface area contributed by atoms with E-state index in [1.807, 2.05) is 37.3 Å². The van der Waals surface area contributed by atoms with Gasteiger partial charge in [0.2, 0.25) is 0 Å². The average molecular weight is 255 g/mol. The molecule has 1 aliphatic rings. The zero-order valence-electron chi connectivity index (χ0n) is 10.1. The van der Waals surface area contributed by atoms with E-state index in [2.05, 4.69) is 17.4 Å². The van der Waals surface area contributed by atoms with Crippen molar-refractivity contribution in [3.8, 4) is 0 Å². The summed E-state index contributed by atoms with van der Waals surface area (Å²) in [5, 5.41) is 3.38. The van der Waals surface area contributed by atoms with Gasteiger partial charge in [-0.15, -0.1) is 0 Å². The molecule has 1 N–H and O–H groups in total. The highest BCUT2D eigenvalue weighted by atomic mass is 32.2. The fraction of sp³-hybridized carbons (Fsp3) is 0.133. The fourth-order valence-corrected chi connectivity index (χ4v) is 3.10. The molecule has 1 aliphatic heterocycles. The predicted molar refractivity (Wildman–Crippen MR) is 74.9 cm³/mol. The van der Waals surface area contributed by atoms with Crippen molar-refractivity contribution in [2.45, 2.75) is 23.1 Å². The lowest BCUT2D eigenvalue weighted by molar-refractivity contribution is 0.0989. The van der Waals surface area contributed by atoms with Crippen molar-refractivity contribution >= 4 is 28.9 Å². The summed E-state index contributed by atoms with van der Waals surface area (Å²) in [5.41, 5.74) is 2.82. The minimum Gasteiger partial charge on any atom is -0.353 e. The van der Waals surface area contributed by atoms with Crippen LogP contribution in [0.2, 0.25) is 0 Å². The van der Waals surface area contributed by atoms with Crippen LogP contribution in [0.3, 0.4) is 0 Å². The normalized spacial score (nSPS) is 12.3. The largest absolute Gasteiger partial charge is 0.353 e. The quantitative estimate of drug-likeness (QED) is 0.684. The molecule has 0 unspecified atom stereocenters. The smallest absolute Gasteiger partial charge is 0.164 e. The Morgan fingerprint density at radius 1 is 1.11 bits per heavy atom. The highest BCUT2D eigenvalue weighted by Gasteiger charge is 2.20. The first-order valence-electron chi connectivity index (χ1n) is 5.99. The lowest BCUT2D eigenvalue weighted by atomic mass is 10.1. The monoisotopic (exact) mass is 255 g/mol. The van der Waals surface area contributed by atoms with Crippen LogP contribution < -0.4 is 5.32 Å². The minimum absolute atomic E-state index is 0.180. The number of ketones is 1. The van der Waals surface area contributed by atoms with Crippen LogP contribution >= 0.6 is 11.8 Å². The van der Waals surface area contributed by atoms with Gasteiger partial charge in [0.25, 0.3) is 0 Å². The third-order valence-electron chi connectivity index (χ3n) is 3.01. The summed E-state index contributed by atoms with van der Waals surface area (Å²) < 4.78 is 0. The van der Waals surface area contributed by atoms with Gasteiger partial charge in [-0.05, 0) is 24.3 Å².